The van der Waals surface area contributed by atoms with E-state index in [-0.39, 0.29) is 5.92 Å². The van der Waals surface area contributed by atoms with E-state index < -0.39 is 0 Å². The van der Waals surface area contributed by atoms with Crippen LogP contribution in [0, 0.1) is 5.92 Å². The first-order valence-electron chi connectivity index (χ1n) is 5.42. The van der Waals surface area contributed by atoms with Crippen molar-refractivity contribution in [2.75, 3.05) is 13.1 Å². The highest BCUT2D eigenvalue weighted by molar-refractivity contribution is 5.80. The monoisotopic (exact) mass is 185 g/mol. The third-order valence-corrected chi connectivity index (χ3v) is 2.17. The van der Waals surface area contributed by atoms with Crippen molar-refractivity contribution in [3.8, 4) is 0 Å². The molecule has 0 aliphatic heterocycles. The van der Waals surface area contributed by atoms with Crippen LogP contribution in [0.15, 0.2) is 0 Å². The lowest BCUT2D eigenvalue weighted by molar-refractivity contribution is -0.122. The van der Waals surface area contributed by atoms with E-state index in [4.69, 9.17) is 0 Å². The number of nitrogens with one attached hydrogen (secondary N) is 1. The van der Waals surface area contributed by atoms with Crippen molar-refractivity contribution >= 4 is 5.78 Å². The van der Waals surface area contributed by atoms with Gasteiger partial charge in [0, 0.05) is 12.3 Å². The zero-order valence-electron chi connectivity index (χ0n) is 9.23. The Morgan fingerprint density at radius 2 is 1.92 bits per heavy atom. The molecule has 13 heavy (non-hydrogen) atoms. The fourth-order valence-corrected chi connectivity index (χ4v) is 1.19. The first kappa shape index (κ1) is 12.6. The summed E-state index contributed by atoms with van der Waals surface area (Å²) < 4.78 is 0. The van der Waals surface area contributed by atoms with Gasteiger partial charge in [-0.25, -0.2) is 0 Å². The van der Waals surface area contributed by atoms with Crippen molar-refractivity contribution < 1.29 is 4.79 Å². The summed E-state index contributed by atoms with van der Waals surface area (Å²) in [7, 11) is 0. The Balaban J connectivity index is 3.12. The van der Waals surface area contributed by atoms with E-state index in [1.165, 1.54) is 12.8 Å². The van der Waals surface area contributed by atoms with E-state index in [0.29, 0.717) is 5.78 Å². The Morgan fingerprint density at radius 3 is 2.46 bits per heavy atom. The minimum absolute atomic E-state index is 0.216. The molecule has 0 saturated heterocycles. The molecule has 0 unspecified atom stereocenters. The van der Waals surface area contributed by atoms with Crippen LogP contribution in [0.5, 0.6) is 0 Å². The van der Waals surface area contributed by atoms with Gasteiger partial charge in [-0.3, -0.25) is 4.79 Å². The van der Waals surface area contributed by atoms with E-state index in [0.717, 1.165) is 25.9 Å². The summed E-state index contributed by atoms with van der Waals surface area (Å²) >= 11 is 0. The maximum absolute atomic E-state index is 11.2. The number of hydrogen-bond acceptors (Lipinski definition) is 2. The van der Waals surface area contributed by atoms with Crippen molar-refractivity contribution in [3.05, 3.63) is 0 Å². The number of rotatable bonds is 8. The average molecular weight is 185 g/mol. The molecule has 0 aliphatic carbocycles. The topological polar surface area (TPSA) is 29.1 Å². The Kier molecular flexibility index (Phi) is 8.00. The molecule has 0 atom stereocenters. The number of unbranched alkanes of at least 4 members (excludes halogenated alkanes) is 2. The molecule has 78 valence electrons. The van der Waals surface area contributed by atoms with Crippen LogP contribution in [0.3, 0.4) is 0 Å². The molecular formula is C11H23NO. The molecule has 2 nitrogen and oxygen atoms in total. The van der Waals surface area contributed by atoms with E-state index in [2.05, 4.69) is 12.2 Å². The van der Waals surface area contributed by atoms with Crippen LogP contribution in [0.25, 0.3) is 0 Å². The lowest BCUT2D eigenvalue weighted by Gasteiger charge is -2.04. The number of carbonyl (C=O) groups excluding carboxylic acids is 1. The maximum Gasteiger partial charge on any atom is 0.135 e. The normalized spacial score (nSPS) is 10.8. The van der Waals surface area contributed by atoms with Gasteiger partial charge < -0.3 is 5.32 Å². The maximum atomic E-state index is 11.2. The van der Waals surface area contributed by atoms with E-state index in [1.807, 2.05) is 13.8 Å². The summed E-state index contributed by atoms with van der Waals surface area (Å²) in [5, 5.41) is 3.27. The second-order valence-corrected chi connectivity index (χ2v) is 3.79. The quantitative estimate of drug-likeness (QED) is 0.588. The predicted molar refractivity (Wildman–Crippen MR) is 56.9 cm³/mol. The van der Waals surface area contributed by atoms with Gasteiger partial charge in [-0.15, -0.1) is 0 Å². The van der Waals surface area contributed by atoms with Crippen molar-refractivity contribution in [2.45, 2.75) is 46.5 Å². The first-order chi connectivity index (χ1) is 6.18. The second kappa shape index (κ2) is 8.24. The van der Waals surface area contributed by atoms with Crippen LogP contribution in [0.1, 0.15) is 46.5 Å². The zero-order chi connectivity index (χ0) is 10.1. The molecule has 0 aromatic heterocycles. The van der Waals surface area contributed by atoms with E-state index in [9.17, 15) is 4.79 Å². The molecule has 0 aromatic rings. The van der Waals surface area contributed by atoms with Gasteiger partial charge in [0.1, 0.15) is 5.78 Å². The van der Waals surface area contributed by atoms with Gasteiger partial charge >= 0.3 is 0 Å². The fourth-order valence-electron chi connectivity index (χ4n) is 1.19. The minimum Gasteiger partial charge on any atom is -0.317 e. The minimum atomic E-state index is 0.216. The molecule has 0 aromatic carbocycles. The second-order valence-electron chi connectivity index (χ2n) is 3.79. The Morgan fingerprint density at radius 1 is 1.23 bits per heavy atom. The van der Waals surface area contributed by atoms with Gasteiger partial charge in [0.2, 0.25) is 0 Å². The van der Waals surface area contributed by atoms with E-state index >= 15 is 0 Å². The van der Waals surface area contributed by atoms with Crippen LogP contribution in [0.4, 0.5) is 0 Å². The van der Waals surface area contributed by atoms with Crippen LogP contribution in [0.2, 0.25) is 0 Å². The molecule has 0 aliphatic rings. The number of carbonyl (C=O) groups is 1. The Bertz CT molecular complexity index is 132. The fraction of sp³-hybridized carbons (Fsp3) is 0.909. The van der Waals surface area contributed by atoms with E-state index in [1.54, 1.807) is 0 Å². The number of hydrogen-bond donors (Lipinski definition) is 1. The lowest BCUT2D eigenvalue weighted by Crippen LogP contribution is -2.14. The molecular weight excluding hydrogens is 162 g/mol. The summed E-state index contributed by atoms with van der Waals surface area (Å²) in [5.41, 5.74) is 0. The summed E-state index contributed by atoms with van der Waals surface area (Å²) in [6, 6.07) is 0. The van der Waals surface area contributed by atoms with Gasteiger partial charge in [0.15, 0.2) is 0 Å². The standard InChI is InChI=1S/C11H23NO/c1-4-12-9-7-5-6-8-11(13)10(2)3/h10,12H,4-9H2,1-3H3. The van der Waals surface area contributed by atoms with Crippen LogP contribution < -0.4 is 5.32 Å². The van der Waals surface area contributed by atoms with Gasteiger partial charge in [-0.2, -0.15) is 0 Å². The predicted octanol–water partition coefficient (Wildman–Crippen LogP) is 2.38. The third kappa shape index (κ3) is 7.97. The Labute approximate surface area is 82.1 Å². The van der Waals surface area contributed by atoms with Gasteiger partial charge in [-0.05, 0) is 25.9 Å². The molecule has 0 fully saturated rings. The first-order valence-corrected chi connectivity index (χ1v) is 5.42. The molecule has 0 rings (SSSR count). The van der Waals surface area contributed by atoms with Gasteiger partial charge in [-0.1, -0.05) is 27.2 Å². The molecule has 0 bridgehead atoms. The molecule has 2 heteroatoms. The third-order valence-electron chi connectivity index (χ3n) is 2.17. The van der Waals surface area contributed by atoms with Crippen molar-refractivity contribution in [1.82, 2.24) is 5.32 Å². The van der Waals surface area contributed by atoms with Crippen molar-refractivity contribution in [2.24, 2.45) is 5.92 Å². The largest absolute Gasteiger partial charge is 0.317 e. The van der Waals surface area contributed by atoms with Crippen LogP contribution in [-0.4, -0.2) is 18.9 Å². The van der Waals surface area contributed by atoms with Gasteiger partial charge in [0.05, 0.1) is 0 Å². The zero-order valence-corrected chi connectivity index (χ0v) is 9.23. The molecule has 1 N–H and O–H groups in total. The molecule has 0 radical (unpaired) electrons. The summed E-state index contributed by atoms with van der Waals surface area (Å²) in [5.74, 6) is 0.622. The number of ketones is 1. The highest BCUT2D eigenvalue weighted by atomic mass is 16.1. The molecule has 0 saturated carbocycles. The molecule has 0 spiro atoms. The van der Waals surface area contributed by atoms with Gasteiger partial charge in [0.25, 0.3) is 0 Å². The van der Waals surface area contributed by atoms with Crippen LogP contribution >= 0.6 is 0 Å². The summed E-state index contributed by atoms with van der Waals surface area (Å²) in [4.78, 5) is 11.2. The SMILES string of the molecule is CCNCCCCCC(=O)C(C)C. The summed E-state index contributed by atoms with van der Waals surface area (Å²) in [6.45, 7) is 8.20. The van der Waals surface area contributed by atoms with Crippen molar-refractivity contribution in [1.29, 1.82) is 0 Å². The summed E-state index contributed by atoms with van der Waals surface area (Å²) in [6.07, 6.45) is 4.19. The van der Waals surface area contributed by atoms with Crippen LogP contribution in [-0.2, 0) is 4.79 Å². The number of Topliss-reactive ketones (excluding diaryl/α,β-unsaturated/α-hetero) is 1. The highest BCUT2D eigenvalue weighted by Crippen LogP contribution is 2.05. The van der Waals surface area contributed by atoms with Crippen molar-refractivity contribution in [3.63, 3.8) is 0 Å². The average Bonchev–Trinajstić information content (AvgIpc) is 2.10. The molecule has 0 heterocycles. The Hall–Kier alpha value is -0.370. The lowest BCUT2D eigenvalue weighted by atomic mass is 10.0. The highest BCUT2D eigenvalue weighted by Gasteiger charge is 2.05. The smallest absolute Gasteiger partial charge is 0.135 e. The molecule has 0 amide bonds.